The second-order valence-electron chi connectivity index (χ2n) is 5.37. The van der Waals surface area contributed by atoms with E-state index in [1.54, 1.807) is 7.11 Å². The van der Waals surface area contributed by atoms with Gasteiger partial charge in [-0.1, -0.05) is 12.1 Å². The van der Waals surface area contributed by atoms with Crippen LogP contribution in [0.1, 0.15) is 19.4 Å². The molecule has 0 radical (unpaired) electrons. The Kier molecular flexibility index (Phi) is 6.28. The maximum atomic E-state index is 9.38. The van der Waals surface area contributed by atoms with Crippen LogP contribution in [0.4, 0.5) is 5.69 Å². The molecule has 0 amide bonds. The van der Waals surface area contributed by atoms with Crippen LogP contribution in [-0.2, 0) is 11.3 Å². The molecular formula is C15H26N2O2. The molecule has 0 fully saturated rings. The molecule has 19 heavy (non-hydrogen) atoms. The highest BCUT2D eigenvalue weighted by Crippen LogP contribution is 2.22. The number of benzene rings is 1. The Bertz CT molecular complexity index is 363. The molecule has 1 aromatic carbocycles. The number of hydrogen-bond donors (Lipinski definition) is 2. The lowest BCUT2D eigenvalue weighted by atomic mass is 10.0. The molecule has 0 saturated heterocycles. The first-order valence-corrected chi connectivity index (χ1v) is 6.64. The summed E-state index contributed by atoms with van der Waals surface area (Å²) in [7, 11) is 3.71. The van der Waals surface area contributed by atoms with Crippen molar-refractivity contribution in [2.75, 3.05) is 38.8 Å². The molecule has 0 bridgehead atoms. The Balaban J connectivity index is 2.56. The van der Waals surface area contributed by atoms with Gasteiger partial charge in [0.05, 0.1) is 18.8 Å². The molecule has 1 rings (SSSR count). The van der Waals surface area contributed by atoms with E-state index in [0.717, 1.165) is 25.4 Å². The summed E-state index contributed by atoms with van der Waals surface area (Å²) in [5, 5.41) is 12.7. The normalized spacial score (nSPS) is 11.6. The number of likely N-dealkylation sites (N-methyl/N-ethyl adjacent to an activating group) is 1. The Morgan fingerprint density at radius 2 is 1.89 bits per heavy atom. The number of nitrogens with one attached hydrogen (secondary N) is 1. The van der Waals surface area contributed by atoms with E-state index in [0.29, 0.717) is 0 Å². The predicted molar refractivity (Wildman–Crippen MR) is 79.6 cm³/mol. The van der Waals surface area contributed by atoms with Crippen LogP contribution in [0.3, 0.4) is 0 Å². The predicted octanol–water partition coefficient (Wildman–Crippen LogP) is 1.63. The molecule has 0 aromatic heterocycles. The summed E-state index contributed by atoms with van der Waals surface area (Å²) in [4.78, 5) is 2.09. The van der Waals surface area contributed by atoms with Crippen molar-refractivity contribution in [1.29, 1.82) is 0 Å². The largest absolute Gasteiger partial charge is 0.394 e. The van der Waals surface area contributed by atoms with Gasteiger partial charge in [-0.3, -0.25) is 0 Å². The molecule has 0 aliphatic heterocycles. The lowest BCUT2D eigenvalue weighted by Crippen LogP contribution is -2.44. The van der Waals surface area contributed by atoms with Crippen LogP contribution in [0.5, 0.6) is 0 Å². The molecule has 0 spiro atoms. The lowest BCUT2D eigenvalue weighted by Gasteiger charge is -2.36. The minimum atomic E-state index is -0.252. The van der Waals surface area contributed by atoms with Crippen molar-refractivity contribution < 1.29 is 9.84 Å². The Morgan fingerprint density at radius 1 is 1.26 bits per heavy atom. The average Bonchev–Trinajstić information content (AvgIpc) is 2.43. The number of aliphatic hydroxyl groups excluding tert-OH is 1. The van der Waals surface area contributed by atoms with Crippen LogP contribution in [0.2, 0.25) is 0 Å². The van der Waals surface area contributed by atoms with Crippen molar-refractivity contribution in [3.63, 3.8) is 0 Å². The maximum Gasteiger partial charge on any atom is 0.0658 e. The van der Waals surface area contributed by atoms with Gasteiger partial charge in [-0.15, -0.1) is 0 Å². The summed E-state index contributed by atoms with van der Waals surface area (Å²) in [5.41, 5.74) is 2.10. The molecule has 2 N–H and O–H groups in total. The first-order chi connectivity index (χ1) is 9.01. The second kappa shape index (κ2) is 7.48. The van der Waals surface area contributed by atoms with Crippen LogP contribution < -0.4 is 10.2 Å². The van der Waals surface area contributed by atoms with E-state index in [4.69, 9.17) is 4.74 Å². The summed E-state index contributed by atoms with van der Waals surface area (Å²) in [5.74, 6) is 0. The number of rotatable bonds is 8. The van der Waals surface area contributed by atoms with E-state index in [2.05, 4.69) is 34.5 Å². The molecule has 4 nitrogen and oxygen atoms in total. The van der Waals surface area contributed by atoms with E-state index < -0.39 is 0 Å². The third-order valence-corrected chi connectivity index (χ3v) is 3.43. The topological polar surface area (TPSA) is 44.7 Å². The van der Waals surface area contributed by atoms with Crippen LogP contribution in [0.15, 0.2) is 24.3 Å². The van der Waals surface area contributed by atoms with Crippen molar-refractivity contribution in [3.05, 3.63) is 29.8 Å². The average molecular weight is 266 g/mol. The fraction of sp³-hybridized carbons (Fsp3) is 0.600. The lowest BCUT2D eigenvalue weighted by molar-refractivity contribution is 0.199. The van der Waals surface area contributed by atoms with Crippen LogP contribution >= 0.6 is 0 Å². The summed E-state index contributed by atoms with van der Waals surface area (Å²) in [6.07, 6.45) is 0. The molecule has 1 aromatic rings. The Morgan fingerprint density at radius 3 is 2.42 bits per heavy atom. The number of nitrogens with zero attached hydrogens (tertiary/aromatic N) is 1. The molecule has 108 valence electrons. The summed E-state index contributed by atoms with van der Waals surface area (Å²) in [6, 6.07) is 8.40. The fourth-order valence-corrected chi connectivity index (χ4v) is 1.70. The number of methoxy groups -OCH3 is 1. The van der Waals surface area contributed by atoms with Gasteiger partial charge in [0.25, 0.3) is 0 Å². The quantitative estimate of drug-likeness (QED) is 0.702. The molecule has 0 atom stereocenters. The van der Waals surface area contributed by atoms with Crippen molar-refractivity contribution in [2.45, 2.75) is 25.9 Å². The first-order valence-electron chi connectivity index (χ1n) is 6.64. The third kappa shape index (κ3) is 4.82. The number of aliphatic hydroxyl groups is 1. The van der Waals surface area contributed by atoms with Gasteiger partial charge in [0.1, 0.15) is 0 Å². The zero-order valence-electron chi connectivity index (χ0n) is 12.4. The van der Waals surface area contributed by atoms with Gasteiger partial charge in [0.2, 0.25) is 0 Å². The smallest absolute Gasteiger partial charge is 0.0658 e. The van der Waals surface area contributed by atoms with Gasteiger partial charge in [-0.25, -0.2) is 0 Å². The van der Waals surface area contributed by atoms with Crippen LogP contribution in [-0.4, -0.2) is 44.6 Å². The summed E-state index contributed by atoms with van der Waals surface area (Å²) < 4.78 is 4.99. The van der Waals surface area contributed by atoms with Crippen molar-refractivity contribution in [3.8, 4) is 0 Å². The zero-order chi connectivity index (χ0) is 14.3. The van der Waals surface area contributed by atoms with Crippen molar-refractivity contribution in [1.82, 2.24) is 5.32 Å². The minimum absolute atomic E-state index is 0.129. The van der Waals surface area contributed by atoms with E-state index in [1.807, 2.05) is 20.9 Å². The second-order valence-corrected chi connectivity index (χ2v) is 5.37. The molecule has 0 aliphatic carbocycles. The van der Waals surface area contributed by atoms with Gasteiger partial charge in [-0.05, 0) is 31.5 Å². The zero-order valence-corrected chi connectivity index (χ0v) is 12.4. The molecule has 0 heterocycles. The molecule has 4 heteroatoms. The van der Waals surface area contributed by atoms with Gasteiger partial charge in [0, 0.05) is 32.9 Å². The standard InChI is InChI=1S/C15H26N2O2/c1-15(2,12-18)17(3)14-7-5-13(6-8-14)11-16-9-10-19-4/h5-8,16,18H,9-12H2,1-4H3. The Labute approximate surface area is 116 Å². The monoisotopic (exact) mass is 266 g/mol. The maximum absolute atomic E-state index is 9.38. The molecule has 0 unspecified atom stereocenters. The number of anilines is 1. The van der Waals surface area contributed by atoms with Gasteiger partial charge >= 0.3 is 0 Å². The summed E-state index contributed by atoms with van der Waals surface area (Å²) >= 11 is 0. The summed E-state index contributed by atoms with van der Waals surface area (Å²) in [6.45, 7) is 6.60. The van der Waals surface area contributed by atoms with E-state index in [1.165, 1.54) is 5.56 Å². The van der Waals surface area contributed by atoms with Crippen LogP contribution in [0, 0.1) is 0 Å². The fourth-order valence-electron chi connectivity index (χ4n) is 1.70. The Hall–Kier alpha value is -1.10. The number of hydrogen-bond acceptors (Lipinski definition) is 4. The molecule has 0 saturated carbocycles. The van der Waals surface area contributed by atoms with Gasteiger partial charge in [-0.2, -0.15) is 0 Å². The van der Waals surface area contributed by atoms with Gasteiger partial charge in [0.15, 0.2) is 0 Å². The minimum Gasteiger partial charge on any atom is -0.394 e. The first kappa shape index (κ1) is 16.0. The highest BCUT2D eigenvalue weighted by Gasteiger charge is 2.22. The SMILES string of the molecule is COCCNCc1ccc(N(C)C(C)(C)CO)cc1. The highest BCUT2D eigenvalue weighted by molar-refractivity contribution is 5.49. The third-order valence-electron chi connectivity index (χ3n) is 3.43. The molecular weight excluding hydrogens is 240 g/mol. The van der Waals surface area contributed by atoms with E-state index >= 15 is 0 Å². The van der Waals surface area contributed by atoms with Crippen molar-refractivity contribution >= 4 is 5.69 Å². The molecule has 0 aliphatic rings. The van der Waals surface area contributed by atoms with E-state index in [9.17, 15) is 5.11 Å². The number of ether oxygens (including phenoxy) is 1. The van der Waals surface area contributed by atoms with E-state index in [-0.39, 0.29) is 12.1 Å². The van der Waals surface area contributed by atoms with Gasteiger partial charge < -0.3 is 20.1 Å². The van der Waals surface area contributed by atoms with Crippen LogP contribution in [0.25, 0.3) is 0 Å². The highest BCUT2D eigenvalue weighted by atomic mass is 16.5. The van der Waals surface area contributed by atoms with Crippen molar-refractivity contribution in [2.24, 2.45) is 0 Å².